The number of amides is 1. The average Bonchev–Trinajstić information content (AvgIpc) is 2.46. The van der Waals surface area contributed by atoms with Gasteiger partial charge in [0, 0.05) is 30.6 Å². The molecule has 2 rings (SSSR count). The molecule has 71 valence electrons. The highest BCUT2D eigenvalue weighted by atomic mass is 16.1. The van der Waals surface area contributed by atoms with E-state index in [2.05, 4.69) is 11.5 Å². The molecule has 0 aliphatic heterocycles. The molecule has 3 nitrogen and oxygen atoms in total. The fraction of sp³-hybridized carbons (Fsp3) is 0.182. The van der Waals surface area contributed by atoms with Crippen molar-refractivity contribution in [1.29, 1.82) is 0 Å². The Bertz CT molecular complexity index is 485. The van der Waals surface area contributed by atoms with Gasteiger partial charge in [-0.1, -0.05) is 0 Å². The van der Waals surface area contributed by atoms with Crippen molar-refractivity contribution in [3.63, 3.8) is 0 Å². The maximum absolute atomic E-state index is 10.8. The van der Waals surface area contributed by atoms with Gasteiger partial charge in [-0.15, -0.1) is 0 Å². The quantitative estimate of drug-likeness (QED) is 0.727. The maximum atomic E-state index is 10.8. The van der Waals surface area contributed by atoms with E-state index in [1.54, 1.807) is 0 Å². The van der Waals surface area contributed by atoms with E-state index in [1.807, 2.05) is 35.9 Å². The molecule has 3 heteroatoms. The normalized spacial score (nSPS) is 10.4. The van der Waals surface area contributed by atoms with Gasteiger partial charge in [0.05, 0.1) is 6.20 Å². The highest BCUT2D eigenvalue weighted by molar-refractivity contribution is 5.92. The van der Waals surface area contributed by atoms with Crippen LogP contribution < -0.4 is 5.32 Å². The fourth-order valence-corrected chi connectivity index (χ4v) is 1.49. The lowest BCUT2D eigenvalue weighted by molar-refractivity contribution is -0.114. The van der Waals surface area contributed by atoms with Crippen molar-refractivity contribution in [3.8, 4) is 0 Å². The van der Waals surface area contributed by atoms with Gasteiger partial charge in [-0.2, -0.15) is 0 Å². The number of nitrogens with zero attached hydrogens (tertiary/aromatic N) is 1. The van der Waals surface area contributed by atoms with Crippen LogP contribution in [0.25, 0.3) is 10.9 Å². The first-order valence-corrected chi connectivity index (χ1v) is 4.41. The lowest BCUT2D eigenvalue weighted by Crippen LogP contribution is -2.05. The minimum absolute atomic E-state index is 0.0516. The topological polar surface area (TPSA) is 34.0 Å². The van der Waals surface area contributed by atoms with E-state index >= 15 is 0 Å². The molecule has 0 aliphatic rings. The van der Waals surface area contributed by atoms with Gasteiger partial charge in [0.1, 0.15) is 0 Å². The summed E-state index contributed by atoms with van der Waals surface area (Å²) in [5, 5.41) is 3.83. The van der Waals surface area contributed by atoms with Crippen LogP contribution in [0.1, 0.15) is 6.92 Å². The summed E-state index contributed by atoms with van der Waals surface area (Å²) in [4.78, 5) is 10.8. The summed E-state index contributed by atoms with van der Waals surface area (Å²) >= 11 is 0. The smallest absolute Gasteiger partial charge is 0.221 e. The Morgan fingerprint density at radius 1 is 1.50 bits per heavy atom. The molecule has 0 atom stereocenters. The van der Waals surface area contributed by atoms with Crippen LogP contribution >= 0.6 is 0 Å². The summed E-state index contributed by atoms with van der Waals surface area (Å²) in [6, 6.07) is 7.70. The Morgan fingerprint density at radius 2 is 2.29 bits per heavy atom. The second kappa shape index (κ2) is 3.18. The number of aromatic nitrogens is 1. The van der Waals surface area contributed by atoms with Crippen LogP contribution in [0.15, 0.2) is 24.3 Å². The molecule has 14 heavy (non-hydrogen) atoms. The summed E-state index contributed by atoms with van der Waals surface area (Å²) in [7, 11) is 1.94. The Hall–Kier alpha value is -1.77. The van der Waals surface area contributed by atoms with Gasteiger partial charge in [-0.05, 0) is 24.3 Å². The number of rotatable bonds is 1. The van der Waals surface area contributed by atoms with Crippen LogP contribution in [0.5, 0.6) is 0 Å². The third kappa shape index (κ3) is 1.48. The zero-order valence-electron chi connectivity index (χ0n) is 8.16. The Morgan fingerprint density at radius 3 is 3.00 bits per heavy atom. The van der Waals surface area contributed by atoms with Crippen molar-refractivity contribution in [1.82, 2.24) is 4.57 Å². The first-order valence-electron chi connectivity index (χ1n) is 4.41. The minimum atomic E-state index is -0.0516. The van der Waals surface area contributed by atoms with Gasteiger partial charge < -0.3 is 9.88 Å². The molecule has 0 unspecified atom stereocenters. The van der Waals surface area contributed by atoms with Crippen LogP contribution in [0.2, 0.25) is 0 Å². The SMILES string of the molecule is CC(=O)Nc1ccc2c(c[c]n2C)c1. The Balaban J connectivity index is 2.46. The number of carbonyl (C=O) groups excluding carboxylic acids is 1. The molecule has 0 aliphatic carbocycles. The van der Waals surface area contributed by atoms with Crippen LogP contribution in [0.4, 0.5) is 5.69 Å². The van der Waals surface area contributed by atoms with Crippen molar-refractivity contribution < 1.29 is 4.79 Å². The van der Waals surface area contributed by atoms with E-state index < -0.39 is 0 Å². The number of fused-ring (bicyclic) bond motifs is 1. The number of hydrogen-bond acceptors (Lipinski definition) is 1. The van der Waals surface area contributed by atoms with Crippen LogP contribution in [-0.2, 0) is 11.8 Å². The highest BCUT2D eigenvalue weighted by Crippen LogP contribution is 2.19. The average molecular weight is 187 g/mol. The Kier molecular flexibility index (Phi) is 2.00. The summed E-state index contributed by atoms with van der Waals surface area (Å²) in [6.45, 7) is 1.50. The van der Waals surface area contributed by atoms with Gasteiger partial charge >= 0.3 is 0 Å². The first-order chi connectivity index (χ1) is 6.66. The van der Waals surface area contributed by atoms with Gasteiger partial charge in [0.2, 0.25) is 5.91 Å². The third-order valence-corrected chi connectivity index (χ3v) is 2.12. The molecule has 1 N–H and O–H groups in total. The molecule has 2 aromatic rings. The zero-order valence-corrected chi connectivity index (χ0v) is 8.16. The number of benzene rings is 1. The fourth-order valence-electron chi connectivity index (χ4n) is 1.49. The van der Waals surface area contributed by atoms with Crippen molar-refractivity contribution in [3.05, 3.63) is 30.5 Å². The van der Waals surface area contributed by atoms with E-state index in [-0.39, 0.29) is 5.91 Å². The second-order valence-electron chi connectivity index (χ2n) is 3.29. The van der Waals surface area contributed by atoms with Crippen molar-refractivity contribution in [2.45, 2.75) is 6.92 Å². The lowest BCUT2D eigenvalue weighted by atomic mass is 10.2. The molecule has 1 aromatic carbocycles. The van der Waals surface area contributed by atoms with Crippen LogP contribution in [-0.4, -0.2) is 10.5 Å². The summed E-state index contributed by atoms with van der Waals surface area (Å²) in [5.74, 6) is -0.0516. The van der Waals surface area contributed by atoms with Gasteiger partial charge in [0.15, 0.2) is 0 Å². The molecule has 1 heterocycles. The number of hydrogen-bond donors (Lipinski definition) is 1. The van der Waals surface area contributed by atoms with E-state index in [9.17, 15) is 4.79 Å². The zero-order chi connectivity index (χ0) is 10.1. The summed E-state index contributed by atoms with van der Waals surface area (Å²) < 4.78 is 1.92. The molecule has 0 saturated carbocycles. The highest BCUT2D eigenvalue weighted by Gasteiger charge is 2.00. The summed E-state index contributed by atoms with van der Waals surface area (Å²) in [6.07, 6.45) is 3.06. The molecular weight excluding hydrogens is 176 g/mol. The largest absolute Gasteiger partial charge is 0.342 e. The number of aryl methyl sites for hydroxylation is 1. The lowest BCUT2D eigenvalue weighted by Gasteiger charge is -2.02. The molecule has 1 aromatic heterocycles. The number of anilines is 1. The standard InChI is InChI=1S/C11H11N2O/c1-8(14)12-10-3-4-11-9(7-10)5-6-13(11)2/h3-5,7H,1-2H3,(H,12,14). The number of carbonyl (C=O) groups is 1. The molecule has 1 radical (unpaired) electrons. The van der Waals surface area contributed by atoms with Crippen molar-refractivity contribution in [2.24, 2.45) is 7.05 Å². The maximum Gasteiger partial charge on any atom is 0.221 e. The summed E-state index contributed by atoms with van der Waals surface area (Å²) in [5.41, 5.74) is 1.93. The van der Waals surface area contributed by atoms with E-state index in [0.717, 1.165) is 16.6 Å². The van der Waals surface area contributed by atoms with Crippen molar-refractivity contribution >= 4 is 22.5 Å². The van der Waals surface area contributed by atoms with Crippen LogP contribution in [0.3, 0.4) is 0 Å². The Labute approximate surface area is 82.3 Å². The minimum Gasteiger partial charge on any atom is -0.342 e. The molecule has 0 saturated heterocycles. The first kappa shape index (κ1) is 8.81. The van der Waals surface area contributed by atoms with E-state index in [1.165, 1.54) is 6.92 Å². The molecule has 0 fully saturated rings. The van der Waals surface area contributed by atoms with Gasteiger partial charge in [-0.3, -0.25) is 4.79 Å². The van der Waals surface area contributed by atoms with E-state index in [4.69, 9.17) is 0 Å². The van der Waals surface area contributed by atoms with Gasteiger partial charge in [0.25, 0.3) is 0 Å². The van der Waals surface area contributed by atoms with Gasteiger partial charge in [-0.25, -0.2) is 0 Å². The van der Waals surface area contributed by atoms with E-state index in [0.29, 0.717) is 0 Å². The molecule has 1 amide bonds. The predicted molar refractivity (Wildman–Crippen MR) is 56.1 cm³/mol. The molecular formula is C11H11N2O. The molecule has 0 spiro atoms. The second-order valence-corrected chi connectivity index (χ2v) is 3.29. The number of nitrogens with one attached hydrogen (secondary N) is 1. The molecule has 0 bridgehead atoms. The third-order valence-electron chi connectivity index (χ3n) is 2.12. The predicted octanol–water partition coefficient (Wildman–Crippen LogP) is 1.94. The van der Waals surface area contributed by atoms with Crippen LogP contribution in [0, 0.1) is 6.20 Å². The monoisotopic (exact) mass is 187 g/mol. The van der Waals surface area contributed by atoms with Crippen molar-refractivity contribution in [2.75, 3.05) is 5.32 Å².